The average Bonchev–Trinajstić information content (AvgIpc) is 2.47. The number of hydrogen-bond donors (Lipinski definition) is 1. The van der Waals surface area contributed by atoms with E-state index in [0.29, 0.717) is 11.4 Å². The monoisotopic (exact) mass is 273 g/mol. The number of para-hydroxylation sites is 1. The summed E-state index contributed by atoms with van der Waals surface area (Å²) in [4.78, 5) is 17.7. The van der Waals surface area contributed by atoms with Gasteiger partial charge in [0.05, 0.1) is 11.3 Å². The van der Waals surface area contributed by atoms with Gasteiger partial charge in [-0.2, -0.15) is 0 Å². The SMILES string of the molecule is CCNc1ccc(C(=O)N(C)c2ccccc2F)cn1. The van der Waals surface area contributed by atoms with E-state index in [1.807, 2.05) is 6.92 Å². The number of anilines is 2. The van der Waals surface area contributed by atoms with Crippen LogP contribution >= 0.6 is 0 Å². The number of carbonyl (C=O) groups is 1. The smallest absolute Gasteiger partial charge is 0.259 e. The van der Waals surface area contributed by atoms with Gasteiger partial charge < -0.3 is 10.2 Å². The van der Waals surface area contributed by atoms with E-state index in [4.69, 9.17) is 0 Å². The Balaban J connectivity index is 2.20. The van der Waals surface area contributed by atoms with Crippen LogP contribution in [0.4, 0.5) is 15.9 Å². The normalized spacial score (nSPS) is 10.2. The highest BCUT2D eigenvalue weighted by atomic mass is 19.1. The van der Waals surface area contributed by atoms with Gasteiger partial charge in [-0.1, -0.05) is 12.1 Å². The summed E-state index contributed by atoms with van der Waals surface area (Å²) in [5.74, 6) is -0.0242. The standard InChI is InChI=1S/C15H16FN3O/c1-3-17-14-9-8-11(10-18-14)15(20)19(2)13-7-5-4-6-12(13)16/h4-10H,3H2,1-2H3,(H,17,18). The molecule has 0 spiro atoms. The number of rotatable bonds is 4. The van der Waals surface area contributed by atoms with Gasteiger partial charge in [0.2, 0.25) is 0 Å². The lowest BCUT2D eigenvalue weighted by Crippen LogP contribution is -2.27. The Morgan fingerprint density at radius 3 is 2.65 bits per heavy atom. The summed E-state index contributed by atoms with van der Waals surface area (Å²) in [7, 11) is 1.54. The molecule has 1 N–H and O–H groups in total. The van der Waals surface area contributed by atoms with Crippen molar-refractivity contribution in [2.45, 2.75) is 6.92 Å². The van der Waals surface area contributed by atoms with Crippen LogP contribution in [0.5, 0.6) is 0 Å². The van der Waals surface area contributed by atoms with Crippen LogP contribution in [0.3, 0.4) is 0 Å². The fraction of sp³-hybridized carbons (Fsp3) is 0.200. The van der Waals surface area contributed by atoms with Crippen molar-refractivity contribution < 1.29 is 9.18 Å². The molecule has 1 aromatic carbocycles. The Bertz CT molecular complexity index is 598. The van der Waals surface area contributed by atoms with Crippen LogP contribution in [0.2, 0.25) is 0 Å². The molecule has 0 atom stereocenters. The summed E-state index contributed by atoms with van der Waals surface area (Å²) >= 11 is 0. The molecule has 5 heteroatoms. The molecule has 1 heterocycles. The van der Waals surface area contributed by atoms with E-state index in [9.17, 15) is 9.18 Å². The zero-order chi connectivity index (χ0) is 14.5. The maximum Gasteiger partial charge on any atom is 0.259 e. The van der Waals surface area contributed by atoms with Crippen LogP contribution in [0, 0.1) is 5.82 Å². The van der Waals surface area contributed by atoms with Crippen molar-refractivity contribution in [3.63, 3.8) is 0 Å². The molecular weight excluding hydrogens is 257 g/mol. The molecule has 2 rings (SSSR count). The van der Waals surface area contributed by atoms with Gasteiger partial charge in [-0.05, 0) is 31.2 Å². The lowest BCUT2D eigenvalue weighted by molar-refractivity contribution is 0.0992. The van der Waals surface area contributed by atoms with Crippen LogP contribution in [0.1, 0.15) is 17.3 Å². The molecule has 2 aromatic rings. The predicted molar refractivity (Wildman–Crippen MR) is 77.5 cm³/mol. The van der Waals surface area contributed by atoms with Crippen molar-refractivity contribution in [2.75, 3.05) is 23.8 Å². The molecule has 0 radical (unpaired) electrons. The van der Waals surface area contributed by atoms with Crippen LogP contribution in [0.25, 0.3) is 0 Å². The van der Waals surface area contributed by atoms with Gasteiger partial charge in [0.25, 0.3) is 5.91 Å². The van der Waals surface area contributed by atoms with Crippen molar-refractivity contribution in [2.24, 2.45) is 0 Å². The van der Waals surface area contributed by atoms with E-state index in [1.54, 1.807) is 37.4 Å². The number of pyridine rings is 1. The van der Waals surface area contributed by atoms with Crippen LogP contribution in [0.15, 0.2) is 42.6 Å². The summed E-state index contributed by atoms with van der Waals surface area (Å²) in [6.07, 6.45) is 1.48. The largest absolute Gasteiger partial charge is 0.370 e. The van der Waals surface area contributed by atoms with Gasteiger partial charge in [-0.25, -0.2) is 9.37 Å². The summed E-state index contributed by atoms with van der Waals surface area (Å²) < 4.78 is 13.7. The molecule has 1 aromatic heterocycles. The third-order valence-electron chi connectivity index (χ3n) is 2.89. The first-order valence-electron chi connectivity index (χ1n) is 6.36. The first-order chi connectivity index (χ1) is 9.63. The number of halogens is 1. The maximum absolute atomic E-state index is 13.7. The summed E-state index contributed by atoms with van der Waals surface area (Å²) in [6.45, 7) is 2.72. The molecule has 0 unspecified atom stereocenters. The fourth-order valence-electron chi connectivity index (χ4n) is 1.83. The third kappa shape index (κ3) is 2.93. The predicted octanol–water partition coefficient (Wildman–Crippen LogP) is 2.93. The number of carbonyl (C=O) groups excluding carboxylic acids is 1. The van der Waals surface area contributed by atoms with Crippen LogP contribution < -0.4 is 10.2 Å². The highest BCUT2D eigenvalue weighted by Crippen LogP contribution is 2.19. The molecule has 0 aliphatic heterocycles. The van der Waals surface area contributed by atoms with E-state index in [0.717, 1.165) is 6.54 Å². The topological polar surface area (TPSA) is 45.2 Å². The summed E-state index contributed by atoms with van der Waals surface area (Å²) in [5, 5.41) is 3.05. The zero-order valence-corrected chi connectivity index (χ0v) is 11.4. The van der Waals surface area contributed by atoms with E-state index in [2.05, 4.69) is 10.3 Å². The lowest BCUT2D eigenvalue weighted by atomic mass is 10.2. The molecule has 0 fully saturated rings. The Kier molecular flexibility index (Phi) is 4.30. The fourth-order valence-corrected chi connectivity index (χ4v) is 1.83. The minimum absolute atomic E-state index is 0.244. The van der Waals surface area contributed by atoms with Gasteiger partial charge in [0.15, 0.2) is 0 Å². The van der Waals surface area contributed by atoms with Crippen LogP contribution in [-0.4, -0.2) is 24.5 Å². The minimum atomic E-state index is -0.430. The maximum atomic E-state index is 13.7. The number of nitrogens with zero attached hydrogens (tertiary/aromatic N) is 2. The number of nitrogens with one attached hydrogen (secondary N) is 1. The van der Waals surface area contributed by atoms with Crippen molar-refractivity contribution in [1.82, 2.24) is 4.98 Å². The number of amides is 1. The molecule has 0 aliphatic rings. The van der Waals surface area contributed by atoms with Gasteiger partial charge in [-0.15, -0.1) is 0 Å². The molecule has 4 nitrogen and oxygen atoms in total. The second kappa shape index (κ2) is 6.14. The highest BCUT2D eigenvalue weighted by Gasteiger charge is 2.16. The lowest BCUT2D eigenvalue weighted by Gasteiger charge is -2.18. The average molecular weight is 273 g/mol. The van der Waals surface area contributed by atoms with E-state index < -0.39 is 5.82 Å². The first-order valence-corrected chi connectivity index (χ1v) is 6.36. The number of aromatic nitrogens is 1. The summed E-state index contributed by atoms with van der Waals surface area (Å²) in [5.41, 5.74) is 0.658. The highest BCUT2D eigenvalue weighted by molar-refractivity contribution is 6.05. The molecular formula is C15H16FN3O. The first kappa shape index (κ1) is 14.0. The van der Waals surface area contributed by atoms with Gasteiger partial charge in [-0.3, -0.25) is 4.79 Å². The van der Waals surface area contributed by atoms with E-state index >= 15 is 0 Å². The zero-order valence-electron chi connectivity index (χ0n) is 11.4. The minimum Gasteiger partial charge on any atom is -0.370 e. The Hall–Kier alpha value is -2.43. The molecule has 0 aliphatic carbocycles. The molecule has 20 heavy (non-hydrogen) atoms. The molecule has 1 amide bonds. The van der Waals surface area contributed by atoms with Gasteiger partial charge in [0, 0.05) is 19.8 Å². The van der Waals surface area contributed by atoms with Crippen molar-refractivity contribution in [3.8, 4) is 0 Å². The molecule has 0 bridgehead atoms. The summed E-state index contributed by atoms with van der Waals surface area (Å²) in [6, 6.07) is 9.56. The van der Waals surface area contributed by atoms with Gasteiger partial charge in [0.1, 0.15) is 11.6 Å². The van der Waals surface area contributed by atoms with E-state index in [1.165, 1.54) is 17.2 Å². The van der Waals surface area contributed by atoms with Gasteiger partial charge >= 0.3 is 0 Å². The second-order valence-electron chi connectivity index (χ2n) is 4.28. The van der Waals surface area contributed by atoms with Crippen molar-refractivity contribution in [3.05, 3.63) is 54.0 Å². The van der Waals surface area contributed by atoms with Crippen LogP contribution in [-0.2, 0) is 0 Å². The molecule has 104 valence electrons. The molecule has 0 saturated carbocycles. The number of benzene rings is 1. The third-order valence-corrected chi connectivity index (χ3v) is 2.89. The Labute approximate surface area is 117 Å². The number of hydrogen-bond acceptors (Lipinski definition) is 3. The second-order valence-corrected chi connectivity index (χ2v) is 4.28. The quantitative estimate of drug-likeness (QED) is 0.931. The van der Waals surface area contributed by atoms with Crippen molar-refractivity contribution in [1.29, 1.82) is 0 Å². The Morgan fingerprint density at radius 1 is 1.30 bits per heavy atom. The van der Waals surface area contributed by atoms with E-state index in [-0.39, 0.29) is 11.6 Å². The molecule has 0 saturated heterocycles. The Morgan fingerprint density at radius 2 is 2.05 bits per heavy atom. The van der Waals surface area contributed by atoms with Crippen molar-refractivity contribution >= 4 is 17.4 Å².